The second-order valence-corrected chi connectivity index (χ2v) is 6.50. The molecule has 4 nitrogen and oxygen atoms in total. The second kappa shape index (κ2) is 5.34. The second-order valence-electron chi connectivity index (χ2n) is 6.50. The van der Waals surface area contributed by atoms with E-state index in [9.17, 15) is 0 Å². The highest BCUT2D eigenvalue weighted by molar-refractivity contribution is 5.79. The number of fused-ring (bicyclic) bond motifs is 1. The van der Waals surface area contributed by atoms with Crippen LogP contribution in [0.4, 0.5) is 5.95 Å². The number of imidazole rings is 1. The van der Waals surface area contributed by atoms with E-state index < -0.39 is 0 Å². The molecule has 0 atom stereocenters. The lowest BCUT2D eigenvalue weighted by Gasteiger charge is -2.34. The molecule has 1 saturated heterocycles. The molecule has 0 radical (unpaired) electrons. The van der Waals surface area contributed by atoms with Gasteiger partial charge in [0.2, 0.25) is 5.95 Å². The Morgan fingerprint density at radius 1 is 1.00 bits per heavy atom. The van der Waals surface area contributed by atoms with Gasteiger partial charge in [-0.1, -0.05) is 25.0 Å². The summed E-state index contributed by atoms with van der Waals surface area (Å²) in [5, 5.41) is 0. The van der Waals surface area contributed by atoms with Crippen LogP contribution in [0.3, 0.4) is 0 Å². The zero-order valence-electron chi connectivity index (χ0n) is 12.8. The van der Waals surface area contributed by atoms with Crippen molar-refractivity contribution in [2.24, 2.45) is 0 Å². The summed E-state index contributed by atoms with van der Waals surface area (Å²) in [6, 6.07) is 9.28. The number of para-hydroxylation sites is 2. The van der Waals surface area contributed by atoms with Gasteiger partial charge in [0.05, 0.1) is 11.0 Å². The van der Waals surface area contributed by atoms with Crippen LogP contribution < -0.4 is 4.90 Å². The van der Waals surface area contributed by atoms with Crippen LogP contribution in [0.5, 0.6) is 0 Å². The molecule has 1 aromatic heterocycles. The van der Waals surface area contributed by atoms with Crippen LogP contribution in [0, 0.1) is 0 Å². The van der Waals surface area contributed by atoms with E-state index in [1.807, 2.05) is 0 Å². The number of likely N-dealkylation sites (N-methyl/N-ethyl adjacent to an activating group) is 1. The van der Waals surface area contributed by atoms with Crippen LogP contribution in [0.15, 0.2) is 24.3 Å². The summed E-state index contributed by atoms with van der Waals surface area (Å²) in [5.41, 5.74) is 2.47. The number of hydrogen-bond acceptors (Lipinski definition) is 3. The topological polar surface area (TPSA) is 24.3 Å². The number of anilines is 1. The molecule has 112 valence electrons. The van der Waals surface area contributed by atoms with Gasteiger partial charge in [0, 0.05) is 32.2 Å². The molecule has 1 aliphatic heterocycles. The molecule has 21 heavy (non-hydrogen) atoms. The fraction of sp³-hybridized carbons (Fsp3) is 0.588. The molecule has 0 unspecified atom stereocenters. The maximum atomic E-state index is 4.98. The van der Waals surface area contributed by atoms with E-state index in [0.717, 1.165) is 31.7 Å². The van der Waals surface area contributed by atoms with Gasteiger partial charge in [-0.2, -0.15) is 0 Å². The molecule has 0 N–H and O–H groups in total. The summed E-state index contributed by atoms with van der Waals surface area (Å²) in [5.74, 6) is 1.20. The van der Waals surface area contributed by atoms with Crippen molar-refractivity contribution in [1.82, 2.24) is 14.5 Å². The molecule has 1 aliphatic carbocycles. The molecule has 4 heteroatoms. The monoisotopic (exact) mass is 284 g/mol. The van der Waals surface area contributed by atoms with Crippen LogP contribution in [0.25, 0.3) is 11.0 Å². The van der Waals surface area contributed by atoms with E-state index in [1.54, 1.807) is 0 Å². The van der Waals surface area contributed by atoms with Gasteiger partial charge in [-0.05, 0) is 32.0 Å². The number of piperazine rings is 1. The Bertz CT molecular complexity index is 619. The van der Waals surface area contributed by atoms with Crippen molar-refractivity contribution in [3.63, 3.8) is 0 Å². The fourth-order valence-electron chi connectivity index (χ4n) is 3.78. The highest BCUT2D eigenvalue weighted by Crippen LogP contribution is 2.36. The summed E-state index contributed by atoms with van der Waals surface area (Å²) in [4.78, 5) is 9.86. The molecule has 2 aromatic rings. The Hall–Kier alpha value is -1.55. The summed E-state index contributed by atoms with van der Waals surface area (Å²) < 4.78 is 2.54. The molecule has 0 spiro atoms. The standard InChI is InChI=1S/C17H24N4/c1-19-10-12-20(13-11-19)17-18-15-8-4-5-9-16(15)21(17)14-6-2-3-7-14/h4-5,8-9,14H,2-3,6-7,10-13H2,1H3. The average molecular weight is 284 g/mol. The van der Waals surface area contributed by atoms with E-state index in [1.165, 1.54) is 37.1 Å². The SMILES string of the molecule is CN1CCN(c2nc3ccccc3n2C2CCCC2)CC1. The van der Waals surface area contributed by atoms with Gasteiger partial charge in [-0.25, -0.2) is 4.98 Å². The molecular formula is C17H24N4. The minimum absolute atomic E-state index is 0.645. The van der Waals surface area contributed by atoms with Crippen LogP contribution in [0.2, 0.25) is 0 Å². The molecule has 2 fully saturated rings. The lowest BCUT2D eigenvalue weighted by atomic mass is 10.2. The number of rotatable bonds is 2. The lowest BCUT2D eigenvalue weighted by Crippen LogP contribution is -2.45. The highest BCUT2D eigenvalue weighted by Gasteiger charge is 2.26. The summed E-state index contributed by atoms with van der Waals surface area (Å²) >= 11 is 0. The van der Waals surface area contributed by atoms with E-state index in [-0.39, 0.29) is 0 Å². The fourth-order valence-corrected chi connectivity index (χ4v) is 3.78. The highest BCUT2D eigenvalue weighted by atomic mass is 15.4. The number of hydrogen-bond donors (Lipinski definition) is 0. The molecule has 4 rings (SSSR count). The van der Waals surface area contributed by atoms with Gasteiger partial charge in [0.1, 0.15) is 0 Å². The largest absolute Gasteiger partial charge is 0.340 e. The minimum atomic E-state index is 0.645. The first-order valence-electron chi connectivity index (χ1n) is 8.23. The average Bonchev–Trinajstić information content (AvgIpc) is 3.14. The zero-order valence-corrected chi connectivity index (χ0v) is 12.8. The third-order valence-electron chi connectivity index (χ3n) is 5.05. The molecular weight excluding hydrogens is 260 g/mol. The Kier molecular flexibility index (Phi) is 3.34. The molecule has 0 bridgehead atoms. The first kappa shape index (κ1) is 13.1. The third-order valence-corrected chi connectivity index (χ3v) is 5.05. The van der Waals surface area contributed by atoms with Gasteiger partial charge < -0.3 is 14.4 Å². The quantitative estimate of drug-likeness (QED) is 0.847. The van der Waals surface area contributed by atoms with E-state index >= 15 is 0 Å². The molecule has 2 heterocycles. The van der Waals surface area contributed by atoms with Gasteiger partial charge in [-0.3, -0.25) is 0 Å². The molecule has 2 aliphatic rings. The zero-order chi connectivity index (χ0) is 14.2. The third kappa shape index (κ3) is 2.31. The van der Waals surface area contributed by atoms with E-state index in [0.29, 0.717) is 6.04 Å². The Labute approximate surface area is 126 Å². The Morgan fingerprint density at radius 3 is 2.48 bits per heavy atom. The van der Waals surface area contributed by atoms with Crippen molar-refractivity contribution in [3.05, 3.63) is 24.3 Å². The van der Waals surface area contributed by atoms with Crippen molar-refractivity contribution in [2.45, 2.75) is 31.7 Å². The van der Waals surface area contributed by atoms with Crippen molar-refractivity contribution in [1.29, 1.82) is 0 Å². The Balaban J connectivity index is 1.77. The maximum Gasteiger partial charge on any atom is 0.206 e. The smallest absolute Gasteiger partial charge is 0.206 e. The van der Waals surface area contributed by atoms with Gasteiger partial charge in [0.25, 0.3) is 0 Å². The van der Waals surface area contributed by atoms with Crippen LogP contribution in [0.1, 0.15) is 31.7 Å². The van der Waals surface area contributed by atoms with Crippen molar-refractivity contribution >= 4 is 17.0 Å². The Morgan fingerprint density at radius 2 is 1.71 bits per heavy atom. The van der Waals surface area contributed by atoms with Crippen molar-refractivity contribution in [2.75, 3.05) is 38.1 Å². The number of aromatic nitrogens is 2. The lowest BCUT2D eigenvalue weighted by molar-refractivity contribution is 0.309. The van der Waals surface area contributed by atoms with Crippen molar-refractivity contribution < 1.29 is 0 Å². The first-order valence-corrected chi connectivity index (χ1v) is 8.23. The van der Waals surface area contributed by atoms with E-state index in [4.69, 9.17) is 4.98 Å². The number of benzene rings is 1. The van der Waals surface area contributed by atoms with Crippen molar-refractivity contribution in [3.8, 4) is 0 Å². The van der Waals surface area contributed by atoms with Crippen LogP contribution in [-0.2, 0) is 0 Å². The number of nitrogens with zero attached hydrogens (tertiary/aromatic N) is 4. The molecule has 1 saturated carbocycles. The van der Waals surface area contributed by atoms with Crippen LogP contribution >= 0.6 is 0 Å². The molecule has 0 amide bonds. The minimum Gasteiger partial charge on any atom is -0.340 e. The molecule has 1 aromatic carbocycles. The van der Waals surface area contributed by atoms with Gasteiger partial charge in [-0.15, -0.1) is 0 Å². The summed E-state index contributed by atoms with van der Waals surface area (Å²) in [6.45, 7) is 4.45. The predicted octanol–water partition coefficient (Wildman–Crippen LogP) is 2.90. The van der Waals surface area contributed by atoms with Gasteiger partial charge >= 0.3 is 0 Å². The first-order chi connectivity index (χ1) is 10.3. The predicted molar refractivity (Wildman–Crippen MR) is 86.9 cm³/mol. The van der Waals surface area contributed by atoms with E-state index in [2.05, 4.69) is 45.7 Å². The normalized spacial score (nSPS) is 21.5. The maximum absolute atomic E-state index is 4.98. The van der Waals surface area contributed by atoms with Crippen LogP contribution in [-0.4, -0.2) is 47.7 Å². The summed E-state index contributed by atoms with van der Waals surface area (Å²) in [7, 11) is 2.21. The van der Waals surface area contributed by atoms with Gasteiger partial charge in [0.15, 0.2) is 0 Å². The summed E-state index contributed by atoms with van der Waals surface area (Å²) in [6.07, 6.45) is 5.33.